The first-order chi connectivity index (χ1) is 12.0. The molecular weight excluding hydrogens is 339 g/mol. The largest absolute Gasteiger partial charge is 0.321 e. The first-order valence-electron chi connectivity index (χ1n) is 8.28. The van der Waals surface area contributed by atoms with Gasteiger partial charge in [0.15, 0.2) is 0 Å². The van der Waals surface area contributed by atoms with Gasteiger partial charge in [0.25, 0.3) is 0 Å². The SMILES string of the molecule is CN(C1CCc2cc3ccccn3c2C1)S(=O)(=O)c1ccc(F)cc1. The molecule has 4 rings (SSSR count). The molecule has 0 N–H and O–H groups in total. The number of rotatable bonds is 3. The van der Waals surface area contributed by atoms with Crippen LogP contribution in [0.4, 0.5) is 4.39 Å². The average molecular weight is 358 g/mol. The third kappa shape index (κ3) is 2.75. The number of benzene rings is 1. The predicted molar refractivity (Wildman–Crippen MR) is 94.6 cm³/mol. The number of nitrogens with zero attached hydrogens (tertiary/aromatic N) is 2. The maximum absolute atomic E-state index is 13.1. The Kier molecular flexibility index (Phi) is 3.89. The lowest BCUT2D eigenvalue weighted by molar-refractivity contribution is 0.333. The van der Waals surface area contributed by atoms with Crippen molar-refractivity contribution in [3.8, 4) is 0 Å². The highest BCUT2D eigenvalue weighted by atomic mass is 32.2. The van der Waals surface area contributed by atoms with E-state index in [0.29, 0.717) is 6.42 Å². The van der Waals surface area contributed by atoms with E-state index in [9.17, 15) is 12.8 Å². The molecule has 0 aliphatic heterocycles. The molecule has 0 saturated heterocycles. The second-order valence-electron chi connectivity index (χ2n) is 6.48. The van der Waals surface area contributed by atoms with Crippen molar-refractivity contribution in [2.75, 3.05) is 7.05 Å². The van der Waals surface area contributed by atoms with Crippen LogP contribution in [-0.4, -0.2) is 30.2 Å². The van der Waals surface area contributed by atoms with Crippen molar-refractivity contribution in [1.29, 1.82) is 0 Å². The van der Waals surface area contributed by atoms with Gasteiger partial charge in [-0.2, -0.15) is 4.31 Å². The first kappa shape index (κ1) is 16.3. The molecular formula is C19H19FN2O2S. The fraction of sp³-hybridized carbons (Fsp3) is 0.263. The number of aryl methyl sites for hydroxylation is 1. The van der Waals surface area contributed by atoms with E-state index in [1.165, 1.54) is 39.8 Å². The smallest absolute Gasteiger partial charge is 0.243 e. The van der Waals surface area contributed by atoms with Crippen LogP contribution in [0.15, 0.2) is 59.6 Å². The summed E-state index contributed by atoms with van der Waals surface area (Å²) < 4.78 is 42.4. The van der Waals surface area contributed by atoms with E-state index in [2.05, 4.69) is 16.5 Å². The molecule has 1 aliphatic carbocycles. The molecule has 1 aliphatic rings. The number of halogens is 1. The van der Waals surface area contributed by atoms with Gasteiger partial charge in [-0.15, -0.1) is 0 Å². The van der Waals surface area contributed by atoms with Crippen molar-refractivity contribution in [3.05, 3.63) is 71.8 Å². The van der Waals surface area contributed by atoms with Gasteiger partial charge in [-0.05, 0) is 60.9 Å². The summed E-state index contributed by atoms with van der Waals surface area (Å²) in [4.78, 5) is 0.127. The van der Waals surface area contributed by atoms with Crippen molar-refractivity contribution in [1.82, 2.24) is 8.71 Å². The molecule has 3 aromatic rings. The van der Waals surface area contributed by atoms with E-state index in [-0.39, 0.29) is 10.9 Å². The van der Waals surface area contributed by atoms with Crippen LogP contribution in [-0.2, 0) is 22.9 Å². The maximum atomic E-state index is 13.1. The minimum atomic E-state index is -3.64. The van der Waals surface area contributed by atoms with E-state index < -0.39 is 15.8 Å². The van der Waals surface area contributed by atoms with E-state index in [0.717, 1.165) is 18.4 Å². The summed E-state index contributed by atoms with van der Waals surface area (Å²) >= 11 is 0. The molecule has 2 heterocycles. The van der Waals surface area contributed by atoms with Crippen molar-refractivity contribution < 1.29 is 12.8 Å². The highest BCUT2D eigenvalue weighted by molar-refractivity contribution is 7.89. The number of hydrogen-bond acceptors (Lipinski definition) is 2. The second-order valence-corrected chi connectivity index (χ2v) is 8.48. The summed E-state index contributed by atoms with van der Waals surface area (Å²) in [5.74, 6) is -0.441. The Hall–Kier alpha value is -2.18. The molecule has 0 spiro atoms. The summed E-state index contributed by atoms with van der Waals surface area (Å²) in [7, 11) is -2.02. The van der Waals surface area contributed by atoms with E-state index in [1.54, 1.807) is 7.05 Å². The first-order valence-corrected chi connectivity index (χ1v) is 9.72. The van der Waals surface area contributed by atoms with Gasteiger partial charge in [0.2, 0.25) is 10.0 Å². The highest BCUT2D eigenvalue weighted by Crippen LogP contribution is 2.29. The van der Waals surface area contributed by atoms with Gasteiger partial charge in [0.1, 0.15) is 5.82 Å². The highest BCUT2D eigenvalue weighted by Gasteiger charge is 2.32. The minimum Gasteiger partial charge on any atom is -0.321 e. The fourth-order valence-corrected chi connectivity index (χ4v) is 4.99. The van der Waals surface area contributed by atoms with Crippen LogP contribution >= 0.6 is 0 Å². The fourth-order valence-electron chi connectivity index (χ4n) is 3.61. The molecule has 0 fully saturated rings. The Morgan fingerprint density at radius 2 is 1.92 bits per heavy atom. The molecule has 0 saturated carbocycles. The molecule has 0 radical (unpaired) electrons. The van der Waals surface area contributed by atoms with E-state index in [4.69, 9.17) is 0 Å². The van der Waals surface area contributed by atoms with Crippen LogP contribution in [0.25, 0.3) is 5.52 Å². The van der Waals surface area contributed by atoms with Gasteiger partial charge in [-0.3, -0.25) is 0 Å². The Labute approximate surface area is 146 Å². The maximum Gasteiger partial charge on any atom is 0.243 e. The minimum absolute atomic E-state index is 0.110. The van der Waals surface area contributed by atoms with Crippen molar-refractivity contribution in [3.63, 3.8) is 0 Å². The van der Waals surface area contributed by atoms with Gasteiger partial charge < -0.3 is 4.40 Å². The zero-order valence-electron chi connectivity index (χ0n) is 13.9. The molecule has 1 atom stereocenters. The lowest BCUT2D eigenvalue weighted by Gasteiger charge is -2.31. The van der Waals surface area contributed by atoms with Gasteiger partial charge >= 0.3 is 0 Å². The summed E-state index contributed by atoms with van der Waals surface area (Å²) in [6.07, 6.45) is 4.32. The van der Waals surface area contributed by atoms with Crippen molar-refractivity contribution >= 4 is 15.5 Å². The standard InChI is InChI=1S/C19H19FN2O2S/c1-21(25(23,24)18-9-6-15(20)7-10-18)16-8-5-14-12-17-4-2-3-11-22(17)19(14)13-16/h2-4,6-7,9-12,16H,5,8,13H2,1H3. The van der Waals surface area contributed by atoms with Crippen LogP contribution in [0.5, 0.6) is 0 Å². The second kappa shape index (κ2) is 5.97. The van der Waals surface area contributed by atoms with Gasteiger partial charge in [-0.1, -0.05) is 6.07 Å². The molecule has 1 aromatic carbocycles. The number of pyridine rings is 1. The summed E-state index contributed by atoms with van der Waals surface area (Å²) in [5.41, 5.74) is 3.60. The molecule has 25 heavy (non-hydrogen) atoms. The van der Waals surface area contributed by atoms with Gasteiger partial charge in [-0.25, -0.2) is 12.8 Å². The lowest BCUT2D eigenvalue weighted by Crippen LogP contribution is -2.40. The Morgan fingerprint density at radius 1 is 1.16 bits per heavy atom. The Bertz CT molecular complexity index is 1030. The van der Waals surface area contributed by atoms with Gasteiger partial charge in [0.05, 0.1) is 4.90 Å². The van der Waals surface area contributed by atoms with Crippen LogP contribution < -0.4 is 0 Å². The predicted octanol–water partition coefficient (Wildman–Crippen LogP) is 3.26. The third-order valence-corrected chi connectivity index (χ3v) is 6.98. The zero-order chi connectivity index (χ0) is 17.6. The lowest BCUT2D eigenvalue weighted by atomic mass is 9.93. The molecule has 2 aromatic heterocycles. The van der Waals surface area contributed by atoms with Crippen LogP contribution in [0, 0.1) is 5.82 Å². The number of likely N-dealkylation sites (N-methyl/N-ethyl adjacent to an activating group) is 1. The Morgan fingerprint density at radius 3 is 2.68 bits per heavy atom. The quantitative estimate of drug-likeness (QED) is 0.721. The third-order valence-electron chi connectivity index (χ3n) is 5.06. The summed E-state index contributed by atoms with van der Waals surface area (Å²) in [6, 6.07) is 13.1. The van der Waals surface area contributed by atoms with E-state index in [1.807, 2.05) is 18.3 Å². The molecule has 0 bridgehead atoms. The zero-order valence-corrected chi connectivity index (χ0v) is 14.7. The van der Waals surface area contributed by atoms with Crippen molar-refractivity contribution in [2.24, 2.45) is 0 Å². The topological polar surface area (TPSA) is 41.8 Å². The van der Waals surface area contributed by atoms with Crippen LogP contribution in [0.2, 0.25) is 0 Å². The number of hydrogen-bond donors (Lipinski definition) is 0. The molecule has 4 nitrogen and oxygen atoms in total. The number of fused-ring (bicyclic) bond motifs is 3. The number of sulfonamides is 1. The molecule has 130 valence electrons. The average Bonchev–Trinajstić information content (AvgIpc) is 2.99. The summed E-state index contributed by atoms with van der Waals surface area (Å²) in [6.45, 7) is 0. The van der Waals surface area contributed by atoms with Crippen LogP contribution in [0.1, 0.15) is 17.7 Å². The normalized spacial score (nSPS) is 17.8. The molecule has 6 heteroatoms. The molecule has 0 amide bonds. The monoisotopic (exact) mass is 358 g/mol. The van der Waals surface area contributed by atoms with Crippen molar-refractivity contribution in [2.45, 2.75) is 30.2 Å². The summed E-state index contributed by atoms with van der Waals surface area (Å²) in [5, 5.41) is 0. The van der Waals surface area contributed by atoms with Crippen LogP contribution in [0.3, 0.4) is 0 Å². The Balaban J connectivity index is 1.65. The van der Waals surface area contributed by atoms with E-state index >= 15 is 0 Å². The van der Waals surface area contributed by atoms with Gasteiger partial charge in [0, 0.05) is 36.9 Å². The number of aromatic nitrogens is 1. The molecule has 1 unspecified atom stereocenters.